The summed E-state index contributed by atoms with van der Waals surface area (Å²) in [6.07, 6.45) is 2.45. The van der Waals surface area contributed by atoms with Crippen LogP contribution in [-0.2, 0) is 14.3 Å². The van der Waals surface area contributed by atoms with Crippen LogP contribution in [0.3, 0.4) is 0 Å². The number of rotatable bonds is 5. The van der Waals surface area contributed by atoms with Crippen LogP contribution in [0, 0.1) is 11.8 Å². The van der Waals surface area contributed by atoms with Gasteiger partial charge in [0, 0.05) is 26.7 Å². The molecule has 0 amide bonds. The Hall–Kier alpha value is -0.410. The van der Waals surface area contributed by atoms with Gasteiger partial charge in [-0.1, -0.05) is 13.8 Å². The predicted octanol–water partition coefficient (Wildman–Crippen LogP) is 2.04. The first-order valence-corrected chi connectivity index (χ1v) is 5.78. The van der Waals surface area contributed by atoms with Crippen LogP contribution in [0.4, 0.5) is 0 Å². The fourth-order valence-corrected chi connectivity index (χ4v) is 2.13. The molecule has 15 heavy (non-hydrogen) atoms. The summed E-state index contributed by atoms with van der Waals surface area (Å²) in [6.45, 7) is 5.65. The fourth-order valence-electron chi connectivity index (χ4n) is 2.13. The van der Waals surface area contributed by atoms with Crippen LogP contribution < -0.4 is 0 Å². The van der Waals surface area contributed by atoms with Crippen molar-refractivity contribution in [2.24, 2.45) is 11.8 Å². The molecule has 3 heteroatoms. The number of methoxy groups -OCH3 is 1. The molecule has 0 aromatic carbocycles. The van der Waals surface area contributed by atoms with E-state index in [4.69, 9.17) is 9.47 Å². The van der Waals surface area contributed by atoms with Gasteiger partial charge in [0.1, 0.15) is 6.10 Å². The van der Waals surface area contributed by atoms with Crippen molar-refractivity contribution in [2.75, 3.05) is 20.3 Å². The summed E-state index contributed by atoms with van der Waals surface area (Å²) in [5.74, 6) is 1.02. The number of carbonyl (C=O) groups is 1. The molecular weight excluding hydrogens is 192 g/mol. The molecule has 0 radical (unpaired) electrons. The Morgan fingerprint density at radius 2 is 2.00 bits per heavy atom. The molecule has 1 fully saturated rings. The topological polar surface area (TPSA) is 35.5 Å². The minimum Gasteiger partial charge on any atom is -0.381 e. The molecule has 1 aliphatic heterocycles. The highest BCUT2D eigenvalue weighted by Gasteiger charge is 2.25. The fraction of sp³-hybridized carbons (Fsp3) is 0.917. The molecular formula is C12H22O3. The Labute approximate surface area is 92.1 Å². The lowest BCUT2D eigenvalue weighted by atomic mass is 9.90. The summed E-state index contributed by atoms with van der Waals surface area (Å²) < 4.78 is 10.5. The van der Waals surface area contributed by atoms with Crippen molar-refractivity contribution in [1.82, 2.24) is 0 Å². The van der Waals surface area contributed by atoms with Crippen LogP contribution in [0.15, 0.2) is 0 Å². The molecule has 0 spiro atoms. The first-order chi connectivity index (χ1) is 7.15. The van der Waals surface area contributed by atoms with Crippen molar-refractivity contribution in [2.45, 2.75) is 39.2 Å². The third kappa shape index (κ3) is 3.92. The second-order valence-corrected chi connectivity index (χ2v) is 4.63. The maximum absolute atomic E-state index is 11.9. The molecule has 88 valence electrons. The summed E-state index contributed by atoms with van der Waals surface area (Å²) in [6, 6.07) is 0. The monoisotopic (exact) mass is 214 g/mol. The first-order valence-electron chi connectivity index (χ1n) is 5.78. The van der Waals surface area contributed by atoms with Crippen molar-refractivity contribution in [1.29, 1.82) is 0 Å². The number of ether oxygens (including phenoxy) is 2. The Balaban J connectivity index is 2.38. The quantitative estimate of drug-likeness (QED) is 0.702. The van der Waals surface area contributed by atoms with E-state index in [0.717, 1.165) is 26.1 Å². The van der Waals surface area contributed by atoms with Crippen molar-refractivity contribution in [3.8, 4) is 0 Å². The van der Waals surface area contributed by atoms with Gasteiger partial charge in [0.2, 0.25) is 0 Å². The van der Waals surface area contributed by atoms with Gasteiger partial charge in [0.05, 0.1) is 0 Å². The zero-order valence-corrected chi connectivity index (χ0v) is 9.99. The molecule has 1 unspecified atom stereocenters. The number of hydrogen-bond donors (Lipinski definition) is 0. The van der Waals surface area contributed by atoms with E-state index in [2.05, 4.69) is 0 Å². The number of Topliss-reactive ketones (excluding diaryl/α,β-unsaturated/α-hetero) is 1. The van der Waals surface area contributed by atoms with Gasteiger partial charge in [0.25, 0.3) is 0 Å². The van der Waals surface area contributed by atoms with Crippen LogP contribution in [0.5, 0.6) is 0 Å². The summed E-state index contributed by atoms with van der Waals surface area (Å²) >= 11 is 0. The molecule has 0 aliphatic carbocycles. The number of hydrogen-bond acceptors (Lipinski definition) is 3. The molecule has 1 atom stereocenters. The minimum absolute atomic E-state index is 0.229. The van der Waals surface area contributed by atoms with E-state index in [1.54, 1.807) is 7.11 Å². The zero-order chi connectivity index (χ0) is 11.3. The minimum atomic E-state index is -0.229. The molecule has 1 aliphatic rings. The zero-order valence-electron chi connectivity index (χ0n) is 9.99. The summed E-state index contributed by atoms with van der Waals surface area (Å²) in [5.41, 5.74) is 0. The van der Waals surface area contributed by atoms with Gasteiger partial charge in [0.15, 0.2) is 5.78 Å². The van der Waals surface area contributed by atoms with Crippen LogP contribution in [0.2, 0.25) is 0 Å². The molecule has 0 aromatic rings. The highest BCUT2D eigenvalue weighted by atomic mass is 16.5. The molecule has 0 N–H and O–H groups in total. The molecule has 1 rings (SSSR count). The summed E-state index contributed by atoms with van der Waals surface area (Å²) in [5, 5.41) is 0. The molecule has 1 saturated heterocycles. The largest absolute Gasteiger partial charge is 0.381 e. The highest BCUT2D eigenvalue weighted by molar-refractivity contribution is 5.83. The average Bonchev–Trinajstić information content (AvgIpc) is 2.19. The SMILES string of the molecule is COC(C(=O)CC1CCOCC1)C(C)C. The average molecular weight is 214 g/mol. The third-order valence-electron chi connectivity index (χ3n) is 3.01. The van der Waals surface area contributed by atoms with Crippen LogP contribution in [0.25, 0.3) is 0 Å². The van der Waals surface area contributed by atoms with Gasteiger partial charge in [-0.25, -0.2) is 0 Å². The van der Waals surface area contributed by atoms with Gasteiger partial charge in [-0.05, 0) is 24.7 Å². The highest BCUT2D eigenvalue weighted by Crippen LogP contribution is 2.21. The molecule has 3 nitrogen and oxygen atoms in total. The van der Waals surface area contributed by atoms with Crippen molar-refractivity contribution in [3.05, 3.63) is 0 Å². The Morgan fingerprint density at radius 3 is 2.47 bits per heavy atom. The van der Waals surface area contributed by atoms with Gasteiger partial charge < -0.3 is 9.47 Å². The predicted molar refractivity (Wildman–Crippen MR) is 58.8 cm³/mol. The van der Waals surface area contributed by atoms with Crippen molar-refractivity contribution >= 4 is 5.78 Å². The molecule has 0 aromatic heterocycles. The van der Waals surface area contributed by atoms with E-state index in [9.17, 15) is 4.79 Å². The van der Waals surface area contributed by atoms with E-state index in [-0.39, 0.29) is 17.8 Å². The molecule has 0 bridgehead atoms. The second kappa shape index (κ2) is 6.23. The summed E-state index contributed by atoms with van der Waals surface area (Å²) in [4.78, 5) is 11.9. The summed E-state index contributed by atoms with van der Waals surface area (Å²) in [7, 11) is 1.62. The maximum atomic E-state index is 11.9. The van der Waals surface area contributed by atoms with Crippen LogP contribution >= 0.6 is 0 Å². The van der Waals surface area contributed by atoms with Crippen LogP contribution in [0.1, 0.15) is 33.1 Å². The number of ketones is 1. The van der Waals surface area contributed by atoms with E-state index < -0.39 is 0 Å². The maximum Gasteiger partial charge on any atom is 0.162 e. The Kier molecular flexibility index (Phi) is 5.26. The van der Waals surface area contributed by atoms with Gasteiger partial charge in [-0.3, -0.25) is 4.79 Å². The van der Waals surface area contributed by atoms with Gasteiger partial charge >= 0.3 is 0 Å². The van der Waals surface area contributed by atoms with E-state index in [1.807, 2.05) is 13.8 Å². The van der Waals surface area contributed by atoms with Crippen LogP contribution in [-0.4, -0.2) is 32.2 Å². The second-order valence-electron chi connectivity index (χ2n) is 4.63. The van der Waals surface area contributed by atoms with Gasteiger partial charge in [-0.2, -0.15) is 0 Å². The lowest BCUT2D eigenvalue weighted by Crippen LogP contribution is -2.31. The van der Waals surface area contributed by atoms with E-state index in [0.29, 0.717) is 12.3 Å². The Morgan fingerprint density at radius 1 is 1.40 bits per heavy atom. The van der Waals surface area contributed by atoms with Gasteiger partial charge in [-0.15, -0.1) is 0 Å². The van der Waals surface area contributed by atoms with E-state index >= 15 is 0 Å². The Bertz CT molecular complexity index is 195. The van der Waals surface area contributed by atoms with Crippen molar-refractivity contribution in [3.63, 3.8) is 0 Å². The van der Waals surface area contributed by atoms with E-state index in [1.165, 1.54) is 0 Å². The van der Waals surface area contributed by atoms with Crippen molar-refractivity contribution < 1.29 is 14.3 Å². The lowest BCUT2D eigenvalue weighted by molar-refractivity contribution is -0.132. The molecule has 1 heterocycles. The first kappa shape index (κ1) is 12.7. The third-order valence-corrected chi connectivity index (χ3v) is 3.01. The lowest BCUT2D eigenvalue weighted by Gasteiger charge is -2.24. The number of carbonyl (C=O) groups excluding carboxylic acids is 1. The molecule has 0 saturated carbocycles. The normalized spacial score (nSPS) is 20.5. The smallest absolute Gasteiger partial charge is 0.162 e. The standard InChI is InChI=1S/C12H22O3/c1-9(2)12(14-3)11(13)8-10-4-6-15-7-5-10/h9-10,12H,4-8H2,1-3H3.